The van der Waals surface area contributed by atoms with Gasteiger partial charge < -0.3 is 20.0 Å². The monoisotopic (exact) mass is 706 g/mol. The zero-order valence-electron chi connectivity index (χ0n) is 29.8. The maximum atomic E-state index is 13.4. The Bertz CT molecular complexity index is 2090. The van der Waals surface area contributed by atoms with E-state index in [1.807, 2.05) is 98.3 Å². The first-order valence-corrected chi connectivity index (χ1v) is 16.9. The lowest BCUT2D eigenvalue weighted by Gasteiger charge is -2.18. The molecule has 2 aliphatic rings. The Kier molecular flexibility index (Phi) is 14.0. The molecule has 0 atom stereocenters. The van der Waals surface area contributed by atoms with Crippen molar-refractivity contribution in [3.8, 4) is 22.5 Å². The van der Waals surface area contributed by atoms with Gasteiger partial charge in [-0.1, -0.05) is 37.1 Å². The van der Waals surface area contributed by atoms with Crippen molar-refractivity contribution < 1.29 is 33.6 Å². The summed E-state index contributed by atoms with van der Waals surface area (Å²) in [6.07, 6.45) is 3.96. The van der Waals surface area contributed by atoms with E-state index in [2.05, 4.69) is 34.9 Å². The minimum atomic E-state index is -0.393. The van der Waals surface area contributed by atoms with Crippen molar-refractivity contribution in [2.75, 3.05) is 38.4 Å². The van der Waals surface area contributed by atoms with Crippen molar-refractivity contribution in [2.24, 2.45) is 0 Å². The molecule has 1 heterocycles. The molecule has 1 aliphatic carbocycles. The van der Waals surface area contributed by atoms with Crippen LogP contribution in [-0.4, -0.2) is 57.3 Å². The van der Waals surface area contributed by atoms with Gasteiger partial charge in [-0.3, -0.25) is 19.6 Å². The minimum Gasteiger partial charge on any atom is -0.456 e. The molecule has 3 aromatic rings. The van der Waals surface area contributed by atoms with Crippen LogP contribution in [0.1, 0.15) is 54.4 Å². The number of nitrogens with one attached hydrogen (secondary N) is 3. The van der Waals surface area contributed by atoms with E-state index in [1.165, 1.54) is 0 Å². The summed E-state index contributed by atoms with van der Waals surface area (Å²) >= 11 is 0. The predicted molar refractivity (Wildman–Crippen MR) is 199 cm³/mol. The second-order valence-corrected chi connectivity index (χ2v) is 12.7. The molecule has 4 N–H and O–H groups in total. The van der Waals surface area contributed by atoms with Gasteiger partial charge >= 0.3 is 6.15 Å². The molecule has 3 aromatic carbocycles. The lowest BCUT2D eigenvalue weighted by Crippen LogP contribution is -2.22. The third-order valence-electron chi connectivity index (χ3n) is 8.51. The van der Waals surface area contributed by atoms with Gasteiger partial charge in [-0.2, -0.15) is 9.59 Å². The highest BCUT2D eigenvalue weighted by atomic mass is 16.5. The van der Waals surface area contributed by atoms with Crippen LogP contribution in [0.3, 0.4) is 0 Å². The number of hydrogen-bond donors (Lipinski definition) is 4. The Morgan fingerprint density at radius 1 is 0.827 bits per heavy atom. The number of benzene rings is 4. The average Bonchev–Trinajstić information content (AvgIpc) is 3.14. The van der Waals surface area contributed by atoms with Crippen LogP contribution in [0.4, 0.5) is 11.4 Å². The van der Waals surface area contributed by atoms with E-state index >= 15 is 0 Å². The van der Waals surface area contributed by atoms with E-state index in [1.54, 1.807) is 5.48 Å². The summed E-state index contributed by atoms with van der Waals surface area (Å²) in [5.41, 5.74) is 8.46. The van der Waals surface area contributed by atoms with E-state index < -0.39 is 5.91 Å². The third kappa shape index (κ3) is 10.5. The molecule has 0 saturated carbocycles. The fourth-order valence-corrected chi connectivity index (χ4v) is 5.75. The second kappa shape index (κ2) is 18.8. The van der Waals surface area contributed by atoms with Crippen molar-refractivity contribution in [3.05, 3.63) is 101 Å². The molecule has 0 saturated heterocycles. The van der Waals surface area contributed by atoms with Gasteiger partial charge in [0.2, 0.25) is 17.2 Å². The molecule has 0 radical (unpaired) electrons. The summed E-state index contributed by atoms with van der Waals surface area (Å²) in [6, 6.07) is 27.5. The van der Waals surface area contributed by atoms with Crippen LogP contribution in [0.2, 0.25) is 0 Å². The van der Waals surface area contributed by atoms with Gasteiger partial charge in [0.1, 0.15) is 25.4 Å². The molecule has 52 heavy (non-hydrogen) atoms. The fraction of sp³-hybridized carbons (Fsp3) is 0.275. The Hall–Kier alpha value is -6.10. The smallest absolute Gasteiger partial charge is 0.373 e. The number of rotatable bonds is 13. The van der Waals surface area contributed by atoms with Crippen LogP contribution in [0, 0.1) is 0 Å². The fourth-order valence-electron chi connectivity index (χ4n) is 5.75. The van der Waals surface area contributed by atoms with E-state index in [-0.39, 0.29) is 24.4 Å². The molecule has 5 rings (SSSR count). The van der Waals surface area contributed by atoms with E-state index in [0.717, 1.165) is 69.3 Å². The van der Waals surface area contributed by atoms with Gasteiger partial charge in [0.05, 0.1) is 6.07 Å². The Morgan fingerprint density at radius 2 is 1.52 bits per heavy atom. The molecule has 12 heteroatoms. The lowest BCUT2D eigenvalue weighted by molar-refractivity contribution is -0.191. The van der Waals surface area contributed by atoms with Gasteiger partial charge in [0, 0.05) is 79.1 Å². The minimum absolute atomic E-state index is 0.0713. The number of unbranched alkanes of at least 4 members (excludes halogenated alkanes) is 3. The molecule has 0 spiro atoms. The first kappa shape index (κ1) is 38.7. The molecule has 270 valence electrons. The highest BCUT2D eigenvalue weighted by Crippen LogP contribution is 2.40. The van der Waals surface area contributed by atoms with Gasteiger partial charge in [-0.15, -0.1) is 0 Å². The first-order valence-electron chi connectivity index (χ1n) is 16.9. The number of anilines is 2. The molecule has 0 unspecified atom stereocenters. The summed E-state index contributed by atoms with van der Waals surface area (Å²) in [6.45, 7) is 0.336. The Labute approximate surface area is 302 Å². The highest BCUT2D eigenvalue weighted by molar-refractivity contribution is 6.04. The number of nitrogens with zero attached hydrogens (tertiary/aromatic N) is 2. The van der Waals surface area contributed by atoms with E-state index in [0.29, 0.717) is 30.6 Å². The Morgan fingerprint density at radius 3 is 2.17 bits per heavy atom. The maximum Gasteiger partial charge on any atom is 0.373 e. The molecule has 0 bridgehead atoms. The lowest BCUT2D eigenvalue weighted by atomic mass is 9.92. The van der Waals surface area contributed by atoms with Crippen molar-refractivity contribution in [1.29, 1.82) is 0 Å². The normalized spacial score (nSPS) is 10.5. The van der Waals surface area contributed by atoms with Crippen molar-refractivity contribution >= 4 is 46.2 Å². The van der Waals surface area contributed by atoms with Gasteiger partial charge in [0.25, 0.3) is 5.91 Å². The largest absolute Gasteiger partial charge is 0.456 e. The summed E-state index contributed by atoms with van der Waals surface area (Å²) in [7, 11) is 8.00. The molecule has 12 nitrogen and oxygen atoms in total. The van der Waals surface area contributed by atoms with Gasteiger partial charge in [-0.05, 0) is 66.4 Å². The third-order valence-corrected chi connectivity index (χ3v) is 8.51. The number of fused-ring (bicyclic) bond motifs is 2. The van der Waals surface area contributed by atoms with Crippen LogP contribution in [-0.2, 0) is 25.7 Å². The van der Waals surface area contributed by atoms with E-state index in [4.69, 9.17) is 19.2 Å². The number of hydroxylamine groups is 1. The molecular weight excluding hydrogens is 662 g/mol. The number of amides is 3. The van der Waals surface area contributed by atoms with Crippen molar-refractivity contribution in [3.63, 3.8) is 0 Å². The molecule has 3 amide bonds. The summed E-state index contributed by atoms with van der Waals surface area (Å²) < 4.78 is 8.49. The van der Waals surface area contributed by atoms with Crippen LogP contribution < -0.4 is 30.9 Å². The number of carbonyl (C=O) groups is 3. The highest BCUT2D eigenvalue weighted by Gasteiger charge is 2.19. The quantitative estimate of drug-likeness (QED) is 0.0414. The molecule has 0 aromatic heterocycles. The number of hydrogen-bond acceptors (Lipinski definition) is 8. The molecular formula is C40H44N5O7+. The van der Waals surface area contributed by atoms with E-state index in [9.17, 15) is 14.4 Å². The van der Waals surface area contributed by atoms with Crippen molar-refractivity contribution in [2.45, 2.75) is 45.1 Å². The first-order chi connectivity index (χ1) is 25.0. The summed E-state index contributed by atoms with van der Waals surface area (Å²) in [5.74, 6) is 0.116. The standard InChI is InChI=1S/C39H43N5O5.CO2/c1-43(2)30-18-20-32-34(23-30)49-35-24-31(44(3)4)19-21-33(35)38(32)27-10-9-11-28(22-27)39(47)40-25-26-14-16-29(17-15-26)41-36(45)12-7-5-6-8-13-37(46)42-48;2-1-3/h9-11,14-24H,5-8,12-13,25H2,1-4H3,(H3-,40,41,42,45,46,47,48);/p+1. The maximum absolute atomic E-state index is 13.4. The molecule has 0 fully saturated rings. The van der Waals surface area contributed by atoms with Crippen LogP contribution in [0.15, 0.2) is 89.3 Å². The molecule has 1 aliphatic heterocycles. The second-order valence-electron chi connectivity index (χ2n) is 12.7. The van der Waals surface area contributed by atoms with Crippen molar-refractivity contribution in [1.82, 2.24) is 15.4 Å². The zero-order valence-corrected chi connectivity index (χ0v) is 29.8. The topological polar surface area (TPSA) is 161 Å². The predicted octanol–water partition coefficient (Wildman–Crippen LogP) is 5.43. The summed E-state index contributed by atoms with van der Waals surface area (Å²) in [5, 5.41) is 16.5. The van der Waals surface area contributed by atoms with Crippen LogP contribution >= 0.6 is 0 Å². The van der Waals surface area contributed by atoms with Gasteiger partial charge in [-0.25, -0.2) is 10.1 Å². The van der Waals surface area contributed by atoms with Crippen LogP contribution in [0.25, 0.3) is 33.4 Å². The van der Waals surface area contributed by atoms with Crippen LogP contribution in [0.5, 0.6) is 0 Å². The van der Waals surface area contributed by atoms with Gasteiger partial charge in [0.15, 0.2) is 0 Å². The zero-order chi connectivity index (χ0) is 37.6. The number of carbonyl (C=O) groups excluding carboxylic acids is 5. The SMILES string of the molecule is CN(C)c1ccc2c(-c3cccc(C(=O)NCc4ccc(NC(=O)CCCCCCC(=O)NO)cc4)c3)c3ccc(=[N+](C)C)cc-3oc2c1.O=C=O. The average molecular weight is 707 g/mol. The Balaban J connectivity index is 0.00000195. The summed E-state index contributed by atoms with van der Waals surface area (Å²) in [4.78, 5) is 55.0.